The van der Waals surface area contributed by atoms with Crippen molar-refractivity contribution in [3.05, 3.63) is 69.1 Å². The van der Waals surface area contributed by atoms with E-state index in [9.17, 15) is 9.59 Å². The molecule has 1 saturated heterocycles. The first kappa shape index (κ1) is 26.0. The largest absolute Gasteiger partial charge is 0.489 e. The molecular weight excluding hydrogens is 466 g/mol. The van der Waals surface area contributed by atoms with E-state index in [1.807, 2.05) is 37.3 Å². The molecule has 1 amide bonds. The molecule has 0 unspecified atom stereocenters. The molecule has 1 fully saturated rings. The van der Waals surface area contributed by atoms with Crippen molar-refractivity contribution in [3.8, 4) is 5.75 Å². The fraction of sp³-hybridized carbons (Fsp3) is 0.370. The van der Waals surface area contributed by atoms with Crippen molar-refractivity contribution in [3.63, 3.8) is 0 Å². The van der Waals surface area contributed by atoms with Crippen LogP contribution in [0.2, 0.25) is 0 Å². The van der Waals surface area contributed by atoms with Gasteiger partial charge in [-0.3, -0.25) is 14.5 Å². The van der Waals surface area contributed by atoms with Crippen molar-refractivity contribution in [1.82, 2.24) is 4.90 Å². The summed E-state index contributed by atoms with van der Waals surface area (Å²) in [5, 5.41) is 0. The van der Waals surface area contributed by atoms with Gasteiger partial charge >= 0.3 is 5.97 Å². The second-order valence-electron chi connectivity index (χ2n) is 8.38. The summed E-state index contributed by atoms with van der Waals surface area (Å²) < 4.78 is 11.6. The van der Waals surface area contributed by atoms with Crippen LogP contribution in [0.1, 0.15) is 54.0 Å². The van der Waals surface area contributed by atoms with Crippen molar-refractivity contribution in [2.45, 2.75) is 53.6 Å². The molecule has 7 heteroatoms. The summed E-state index contributed by atoms with van der Waals surface area (Å²) >= 11 is 6.67. The van der Waals surface area contributed by atoms with Gasteiger partial charge in [0.05, 0.1) is 11.5 Å². The summed E-state index contributed by atoms with van der Waals surface area (Å²) in [5.74, 6) is 0.414. The van der Waals surface area contributed by atoms with Crippen LogP contribution in [-0.4, -0.2) is 34.2 Å². The van der Waals surface area contributed by atoms with Crippen LogP contribution < -0.4 is 4.74 Å². The van der Waals surface area contributed by atoms with Crippen LogP contribution in [0.5, 0.6) is 5.75 Å². The Morgan fingerprint density at radius 2 is 1.79 bits per heavy atom. The second-order valence-corrected chi connectivity index (χ2v) is 10.1. The smallest absolute Gasteiger partial charge is 0.305 e. The Balaban J connectivity index is 1.55. The van der Waals surface area contributed by atoms with Gasteiger partial charge in [-0.1, -0.05) is 55.2 Å². The number of thioether (sulfide) groups is 1. The van der Waals surface area contributed by atoms with E-state index in [0.717, 1.165) is 17.7 Å². The van der Waals surface area contributed by atoms with E-state index in [0.29, 0.717) is 35.4 Å². The molecule has 1 heterocycles. The van der Waals surface area contributed by atoms with Gasteiger partial charge in [0.1, 0.15) is 16.7 Å². The van der Waals surface area contributed by atoms with Gasteiger partial charge in [-0.2, -0.15) is 0 Å². The molecule has 0 spiro atoms. The fourth-order valence-corrected chi connectivity index (χ4v) is 4.82. The predicted molar refractivity (Wildman–Crippen MR) is 142 cm³/mol. The summed E-state index contributed by atoms with van der Waals surface area (Å²) in [6, 6.07) is 12.0. The van der Waals surface area contributed by atoms with Crippen molar-refractivity contribution in [1.29, 1.82) is 0 Å². The van der Waals surface area contributed by atoms with E-state index in [-0.39, 0.29) is 18.3 Å². The number of thiocarbonyl (C=S) groups is 1. The van der Waals surface area contributed by atoms with Gasteiger partial charge in [0, 0.05) is 13.0 Å². The Hall–Kier alpha value is -2.64. The standard InChI is InChI=1S/C27H31NO4S2/c1-5-13-31-25(29)7-6-12-28-26(30)24(34-27(28)33)16-21-8-10-23(11-9-21)32-17-22-15-19(3)18(2)14-20(22)4/h8-11,14-16H,5-7,12-13,17H2,1-4H3/b24-16+. The highest BCUT2D eigenvalue weighted by atomic mass is 32.2. The summed E-state index contributed by atoms with van der Waals surface area (Å²) in [6.07, 6.45) is 3.43. The maximum absolute atomic E-state index is 12.8. The fourth-order valence-electron chi connectivity index (χ4n) is 3.51. The molecule has 0 radical (unpaired) electrons. The zero-order valence-electron chi connectivity index (χ0n) is 20.2. The maximum Gasteiger partial charge on any atom is 0.305 e. The third kappa shape index (κ3) is 6.93. The molecule has 1 aliphatic heterocycles. The number of benzene rings is 2. The normalized spacial score (nSPS) is 14.7. The first-order chi connectivity index (χ1) is 16.3. The van der Waals surface area contributed by atoms with E-state index < -0.39 is 0 Å². The molecule has 2 aromatic rings. The molecule has 34 heavy (non-hydrogen) atoms. The Morgan fingerprint density at radius 3 is 2.50 bits per heavy atom. The third-order valence-corrected chi connectivity index (χ3v) is 7.01. The van der Waals surface area contributed by atoms with E-state index >= 15 is 0 Å². The average molecular weight is 498 g/mol. The van der Waals surface area contributed by atoms with Crippen LogP contribution in [0.25, 0.3) is 6.08 Å². The van der Waals surface area contributed by atoms with Crippen molar-refractivity contribution in [2.24, 2.45) is 0 Å². The molecule has 0 bridgehead atoms. The first-order valence-electron chi connectivity index (χ1n) is 11.5. The number of esters is 1. The van der Waals surface area contributed by atoms with Crippen LogP contribution in [-0.2, 0) is 20.9 Å². The van der Waals surface area contributed by atoms with Gasteiger partial charge < -0.3 is 9.47 Å². The molecule has 3 rings (SSSR count). The molecule has 0 N–H and O–H groups in total. The summed E-state index contributed by atoms with van der Waals surface area (Å²) in [4.78, 5) is 26.6. The first-order valence-corrected chi connectivity index (χ1v) is 12.7. The molecule has 0 aromatic heterocycles. The molecule has 5 nitrogen and oxygen atoms in total. The lowest BCUT2D eigenvalue weighted by Gasteiger charge is -2.13. The van der Waals surface area contributed by atoms with Crippen LogP contribution in [0, 0.1) is 20.8 Å². The molecular formula is C27H31NO4S2. The van der Waals surface area contributed by atoms with E-state index in [1.54, 1.807) is 4.90 Å². The lowest BCUT2D eigenvalue weighted by atomic mass is 10.0. The lowest BCUT2D eigenvalue weighted by Crippen LogP contribution is -2.29. The van der Waals surface area contributed by atoms with E-state index in [4.69, 9.17) is 21.7 Å². The highest BCUT2D eigenvalue weighted by Crippen LogP contribution is 2.33. The Bertz CT molecular complexity index is 1090. The maximum atomic E-state index is 12.8. The minimum Gasteiger partial charge on any atom is -0.489 e. The molecule has 0 aliphatic carbocycles. The van der Waals surface area contributed by atoms with Gasteiger partial charge in [-0.15, -0.1) is 0 Å². The van der Waals surface area contributed by atoms with Gasteiger partial charge in [-0.05, 0) is 79.6 Å². The van der Waals surface area contributed by atoms with E-state index in [1.165, 1.54) is 34.0 Å². The zero-order valence-corrected chi connectivity index (χ0v) is 21.8. The summed E-state index contributed by atoms with van der Waals surface area (Å²) in [5.41, 5.74) is 5.84. The SMILES string of the molecule is CCCOC(=O)CCCN1C(=O)/C(=C\c2ccc(OCc3cc(C)c(C)cc3C)cc2)SC1=S. The number of nitrogens with zero attached hydrogens (tertiary/aromatic N) is 1. The number of carbonyl (C=O) groups excluding carboxylic acids is 2. The number of aryl methyl sites for hydroxylation is 3. The Kier molecular flexibility index (Phi) is 9.30. The third-order valence-electron chi connectivity index (χ3n) is 5.63. The molecule has 2 aromatic carbocycles. The highest BCUT2D eigenvalue weighted by molar-refractivity contribution is 8.26. The Labute approximate surface area is 211 Å². The highest BCUT2D eigenvalue weighted by Gasteiger charge is 2.31. The molecule has 1 aliphatic rings. The monoisotopic (exact) mass is 497 g/mol. The number of carbonyl (C=O) groups is 2. The average Bonchev–Trinajstić information content (AvgIpc) is 3.07. The topological polar surface area (TPSA) is 55.8 Å². The van der Waals surface area contributed by atoms with Crippen LogP contribution in [0.4, 0.5) is 0 Å². The lowest BCUT2D eigenvalue weighted by molar-refractivity contribution is -0.144. The van der Waals surface area contributed by atoms with Crippen molar-refractivity contribution in [2.75, 3.05) is 13.2 Å². The zero-order chi connectivity index (χ0) is 24.7. The van der Waals surface area contributed by atoms with Crippen LogP contribution in [0.15, 0.2) is 41.3 Å². The second kappa shape index (κ2) is 12.2. The van der Waals surface area contributed by atoms with Crippen molar-refractivity contribution < 1.29 is 19.1 Å². The Morgan fingerprint density at radius 1 is 1.09 bits per heavy atom. The molecule has 0 atom stereocenters. The quantitative estimate of drug-likeness (QED) is 0.224. The summed E-state index contributed by atoms with van der Waals surface area (Å²) in [7, 11) is 0. The van der Waals surface area contributed by atoms with Gasteiger partial charge in [-0.25, -0.2) is 0 Å². The number of hydrogen-bond acceptors (Lipinski definition) is 6. The molecule has 180 valence electrons. The van der Waals surface area contributed by atoms with Crippen LogP contribution in [0.3, 0.4) is 0 Å². The number of hydrogen-bond donors (Lipinski definition) is 0. The minimum atomic E-state index is -0.238. The predicted octanol–water partition coefficient (Wildman–Crippen LogP) is 6.13. The summed E-state index contributed by atoms with van der Waals surface area (Å²) in [6.45, 7) is 9.62. The number of amides is 1. The van der Waals surface area contributed by atoms with E-state index in [2.05, 4.69) is 32.9 Å². The van der Waals surface area contributed by atoms with Gasteiger partial charge in [0.15, 0.2) is 0 Å². The van der Waals surface area contributed by atoms with Gasteiger partial charge in [0.25, 0.3) is 5.91 Å². The van der Waals surface area contributed by atoms with Gasteiger partial charge in [0.2, 0.25) is 0 Å². The van der Waals surface area contributed by atoms with Crippen molar-refractivity contribution >= 4 is 46.3 Å². The minimum absolute atomic E-state index is 0.123. The van der Waals surface area contributed by atoms with Crippen LogP contribution >= 0.6 is 24.0 Å². The number of rotatable bonds is 10. The molecule has 0 saturated carbocycles. The number of ether oxygens (including phenoxy) is 2.